The van der Waals surface area contributed by atoms with Crippen molar-refractivity contribution in [3.63, 3.8) is 0 Å². The molecule has 1 radical (unpaired) electrons. The predicted octanol–water partition coefficient (Wildman–Crippen LogP) is 2.16. The molecule has 0 spiro atoms. The SMILES string of the molecule is COc1ccc(OC)c(-c2cn[c]o2)c1. The standard InChI is InChI=1S/C11H10NO3/c1-13-8-3-4-10(14-2)9(5-8)11-6-12-7-15-11/h3-6H,1-2H3. The lowest BCUT2D eigenvalue weighted by Crippen LogP contribution is -1.89. The van der Waals surface area contributed by atoms with E-state index in [4.69, 9.17) is 13.9 Å². The first-order valence-electron chi connectivity index (χ1n) is 4.39. The Kier molecular flexibility index (Phi) is 2.58. The number of oxazole rings is 1. The molecule has 2 aromatic rings. The van der Waals surface area contributed by atoms with Crippen LogP contribution in [0.5, 0.6) is 11.5 Å². The fourth-order valence-corrected chi connectivity index (χ4v) is 1.32. The summed E-state index contributed by atoms with van der Waals surface area (Å²) in [5.41, 5.74) is 0.797. The van der Waals surface area contributed by atoms with Crippen molar-refractivity contribution in [2.45, 2.75) is 0 Å². The van der Waals surface area contributed by atoms with E-state index in [9.17, 15) is 0 Å². The average molecular weight is 204 g/mol. The summed E-state index contributed by atoms with van der Waals surface area (Å²) in [6.45, 7) is 0. The Labute approximate surface area is 87.5 Å². The van der Waals surface area contributed by atoms with E-state index in [1.54, 1.807) is 20.4 Å². The third kappa shape index (κ3) is 1.79. The maximum atomic E-state index is 5.21. The van der Waals surface area contributed by atoms with Gasteiger partial charge in [0, 0.05) is 0 Å². The van der Waals surface area contributed by atoms with Crippen LogP contribution in [0.3, 0.4) is 0 Å². The lowest BCUT2D eigenvalue weighted by Gasteiger charge is -2.07. The summed E-state index contributed by atoms with van der Waals surface area (Å²) in [5.74, 6) is 2.05. The number of nitrogens with zero attached hydrogens (tertiary/aromatic N) is 1. The van der Waals surface area contributed by atoms with E-state index < -0.39 is 0 Å². The summed E-state index contributed by atoms with van der Waals surface area (Å²) in [7, 11) is 3.21. The van der Waals surface area contributed by atoms with Crippen LogP contribution in [0.15, 0.2) is 28.8 Å². The van der Waals surface area contributed by atoms with Crippen molar-refractivity contribution in [2.24, 2.45) is 0 Å². The molecule has 77 valence electrons. The number of rotatable bonds is 3. The number of ether oxygens (including phenoxy) is 2. The summed E-state index contributed by atoms with van der Waals surface area (Å²) in [4.78, 5) is 3.74. The molecule has 4 nitrogen and oxygen atoms in total. The largest absolute Gasteiger partial charge is 0.497 e. The third-order valence-corrected chi connectivity index (χ3v) is 2.06. The van der Waals surface area contributed by atoms with E-state index in [2.05, 4.69) is 11.4 Å². The first kappa shape index (κ1) is 9.58. The van der Waals surface area contributed by atoms with Gasteiger partial charge in [0.15, 0.2) is 5.76 Å². The van der Waals surface area contributed by atoms with Crippen LogP contribution >= 0.6 is 0 Å². The van der Waals surface area contributed by atoms with Crippen molar-refractivity contribution < 1.29 is 13.9 Å². The van der Waals surface area contributed by atoms with E-state index >= 15 is 0 Å². The van der Waals surface area contributed by atoms with Gasteiger partial charge in [-0.2, -0.15) is 0 Å². The van der Waals surface area contributed by atoms with Gasteiger partial charge in [-0.1, -0.05) is 0 Å². The Morgan fingerprint density at radius 1 is 1.27 bits per heavy atom. The Morgan fingerprint density at radius 3 is 2.73 bits per heavy atom. The van der Waals surface area contributed by atoms with Gasteiger partial charge >= 0.3 is 0 Å². The molecule has 0 amide bonds. The quantitative estimate of drug-likeness (QED) is 0.768. The summed E-state index contributed by atoms with van der Waals surface area (Å²) < 4.78 is 15.4. The second-order valence-electron chi connectivity index (χ2n) is 2.88. The van der Waals surface area contributed by atoms with Gasteiger partial charge in [-0.3, -0.25) is 0 Å². The van der Waals surface area contributed by atoms with E-state index in [0.29, 0.717) is 11.5 Å². The number of benzene rings is 1. The second kappa shape index (κ2) is 4.04. The molecule has 2 rings (SSSR count). The molecule has 0 aliphatic heterocycles. The maximum absolute atomic E-state index is 5.21. The zero-order valence-corrected chi connectivity index (χ0v) is 8.48. The lowest BCUT2D eigenvalue weighted by molar-refractivity contribution is 0.403. The van der Waals surface area contributed by atoms with E-state index in [1.807, 2.05) is 18.2 Å². The molecule has 1 aromatic carbocycles. The van der Waals surface area contributed by atoms with Crippen LogP contribution in [-0.2, 0) is 0 Å². The van der Waals surface area contributed by atoms with Gasteiger partial charge in [-0.25, -0.2) is 4.98 Å². The molecule has 0 fully saturated rings. The van der Waals surface area contributed by atoms with Gasteiger partial charge < -0.3 is 13.9 Å². The second-order valence-corrected chi connectivity index (χ2v) is 2.88. The highest BCUT2D eigenvalue weighted by Crippen LogP contribution is 2.32. The van der Waals surface area contributed by atoms with Crippen LogP contribution in [0, 0.1) is 6.39 Å². The van der Waals surface area contributed by atoms with Crippen molar-refractivity contribution in [3.05, 3.63) is 30.8 Å². The molecule has 0 saturated carbocycles. The maximum Gasteiger partial charge on any atom is 0.284 e. The van der Waals surface area contributed by atoms with Gasteiger partial charge in [0.1, 0.15) is 11.5 Å². The molecule has 0 aliphatic rings. The topological polar surface area (TPSA) is 44.5 Å². The van der Waals surface area contributed by atoms with Gasteiger partial charge in [-0.05, 0) is 18.2 Å². The summed E-state index contributed by atoms with van der Waals surface area (Å²) in [6, 6.07) is 5.46. The van der Waals surface area contributed by atoms with Crippen molar-refractivity contribution in [1.82, 2.24) is 4.98 Å². The van der Waals surface area contributed by atoms with Crippen LogP contribution in [0.1, 0.15) is 0 Å². The minimum atomic E-state index is 0.603. The fourth-order valence-electron chi connectivity index (χ4n) is 1.32. The zero-order chi connectivity index (χ0) is 10.7. The lowest BCUT2D eigenvalue weighted by atomic mass is 10.1. The predicted molar refractivity (Wildman–Crippen MR) is 53.9 cm³/mol. The minimum Gasteiger partial charge on any atom is -0.497 e. The highest BCUT2D eigenvalue weighted by atomic mass is 16.5. The molecule has 0 unspecified atom stereocenters. The van der Waals surface area contributed by atoms with Crippen molar-refractivity contribution in [3.8, 4) is 22.8 Å². The summed E-state index contributed by atoms with van der Waals surface area (Å²) in [6.07, 6.45) is 3.98. The Balaban J connectivity index is 2.52. The molecule has 4 heteroatoms. The number of hydrogen-bond acceptors (Lipinski definition) is 4. The Bertz CT molecular complexity index is 437. The first-order valence-corrected chi connectivity index (χ1v) is 4.39. The molecule has 0 saturated heterocycles. The van der Waals surface area contributed by atoms with Gasteiger partial charge in [0.25, 0.3) is 6.39 Å². The van der Waals surface area contributed by atoms with Crippen molar-refractivity contribution >= 4 is 0 Å². The monoisotopic (exact) mass is 204 g/mol. The number of hydrogen-bond donors (Lipinski definition) is 0. The van der Waals surface area contributed by atoms with Crippen LogP contribution in [0.4, 0.5) is 0 Å². The van der Waals surface area contributed by atoms with Crippen LogP contribution in [0.25, 0.3) is 11.3 Å². The van der Waals surface area contributed by atoms with E-state index in [0.717, 1.165) is 11.3 Å². The minimum absolute atomic E-state index is 0.603. The molecule has 0 N–H and O–H groups in total. The van der Waals surface area contributed by atoms with Crippen LogP contribution in [-0.4, -0.2) is 19.2 Å². The molecule has 0 aliphatic carbocycles. The third-order valence-electron chi connectivity index (χ3n) is 2.06. The highest BCUT2D eigenvalue weighted by Gasteiger charge is 2.10. The molecule has 0 atom stereocenters. The van der Waals surface area contributed by atoms with Crippen LogP contribution < -0.4 is 9.47 Å². The number of methoxy groups -OCH3 is 2. The molecule has 0 bridgehead atoms. The highest BCUT2D eigenvalue weighted by molar-refractivity contribution is 5.67. The molecule has 1 aromatic heterocycles. The smallest absolute Gasteiger partial charge is 0.284 e. The Morgan fingerprint density at radius 2 is 2.13 bits per heavy atom. The molecular formula is C11H10NO3. The average Bonchev–Trinajstić information content (AvgIpc) is 2.81. The first-order chi connectivity index (χ1) is 7.35. The molecular weight excluding hydrogens is 194 g/mol. The van der Waals surface area contributed by atoms with E-state index in [-0.39, 0.29) is 0 Å². The summed E-state index contributed by atoms with van der Waals surface area (Å²) >= 11 is 0. The van der Waals surface area contributed by atoms with E-state index in [1.165, 1.54) is 0 Å². The van der Waals surface area contributed by atoms with Crippen LogP contribution in [0.2, 0.25) is 0 Å². The number of aromatic nitrogens is 1. The van der Waals surface area contributed by atoms with Gasteiger partial charge in [0.2, 0.25) is 0 Å². The zero-order valence-electron chi connectivity index (χ0n) is 8.48. The molecule has 15 heavy (non-hydrogen) atoms. The van der Waals surface area contributed by atoms with Crippen molar-refractivity contribution in [1.29, 1.82) is 0 Å². The normalized spacial score (nSPS) is 10.0. The van der Waals surface area contributed by atoms with Gasteiger partial charge in [0.05, 0.1) is 26.0 Å². The molecule has 1 heterocycles. The fraction of sp³-hybridized carbons (Fsp3) is 0.182. The Hall–Kier alpha value is -1.97. The van der Waals surface area contributed by atoms with Crippen molar-refractivity contribution in [2.75, 3.05) is 14.2 Å². The summed E-state index contributed by atoms with van der Waals surface area (Å²) in [5, 5.41) is 0. The van der Waals surface area contributed by atoms with Gasteiger partial charge in [-0.15, -0.1) is 0 Å².